The molecule has 0 aliphatic heterocycles. The van der Waals surface area contributed by atoms with Gasteiger partial charge in [-0.15, -0.1) is 0 Å². The Morgan fingerprint density at radius 3 is 2.21 bits per heavy atom. The lowest BCUT2D eigenvalue weighted by Gasteiger charge is -2.42. The minimum Gasteiger partial charge on any atom is -0.303 e. The van der Waals surface area contributed by atoms with Gasteiger partial charge in [-0.2, -0.15) is 5.26 Å². The summed E-state index contributed by atoms with van der Waals surface area (Å²) < 4.78 is 0. The lowest BCUT2D eigenvalue weighted by atomic mass is 9.79. The van der Waals surface area contributed by atoms with Crippen LogP contribution in [0.3, 0.4) is 0 Å². The van der Waals surface area contributed by atoms with Gasteiger partial charge in [0.15, 0.2) is 0 Å². The van der Waals surface area contributed by atoms with Crippen LogP contribution in [0.2, 0.25) is 0 Å². The molecule has 19 heavy (non-hydrogen) atoms. The van der Waals surface area contributed by atoms with Crippen LogP contribution in [0, 0.1) is 17.2 Å². The van der Waals surface area contributed by atoms with Crippen molar-refractivity contribution < 1.29 is 0 Å². The summed E-state index contributed by atoms with van der Waals surface area (Å²) in [5.74, 6) is 0.805. The maximum Gasteiger partial charge on any atom is 0.108 e. The van der Waals surface area contributed by atoms with Gasteiger partial charge in [0.05, 0.1) is 6.07 Å². The molecule has 0 N–H and O–H groups in total. The van der Waals surface area contributed by atoms with Crippen molar-refractivity contribution in [2.45, 2.75) is 64.0 Å². The van der Waals surface area contributed by atoms with Crippen LogP contribution in [0.15, 0.2) is 0 Å². The molecule has 1 saturated carbocycles. The number of nitrogens with zero attached hydrogens (tertiary/aromatic N) is 3. The van der Waals surface area contributed by atoms with Crippen LogP contribution in [-0.4, -0.2) is 49.1 Å². The fourth-order valence-corrected chi connectivity index (χ4v) is 3.11. The van der Waals surface area contributed by atoms with Crippen LogP contribution in [-0.2, 0) is 0 Å². The van der Waals surface area contributed by atoms with Gasteiger partial charge in [0.2, 0.25) is 0 Å². The standard InChI is InChI=1S/C16H31N3/c1-14(2)7-6-12-19(5)15-8-10-16(13-17,11-9-15)18(3)4/h14-15H,6-12H2,1-5H3. The average molecular weight is 265 g/mol. The van der Waals surface area contributed by atoms with Crippen LogP contribution < -0.4 is 0 Å². The Bertz CT molecular complexity index is 296. The average Bonchev–Trinajstić information content (AvgIpc) is 2.38. The molecule has 1 rings (SSSR count). The smallest absolute Gasteiger partial charge is 0.108 e. The molecule has 0 unspecified atom stereocenters. The molecule has 1 fully saturated rings. The highest BCUT2D eigenvalue weighted by molar-refractivity contribution is 5.09. The Morgan fingerprint density at radius 1 is 1.21 bits per heavy atom. The van der Waals surface area contributed by atoms with Crippen molar-refractivity contribution in [2.24, 2.45) is 5.92 Å². The summed E-state index contributed by atoms with van der Waals surface area (Å²) in [6, 6.07) is 3.22. The van der Waals surface area contributed by atoms with Gasteiger partial charge in [0, 0.05) is 6.04 Å². The molecule has 1 aliphatic carbocycles. The Balaban J connectivity index is 2.39. The zero-order valence-corrected chi connectivity index (χ0v) is 13.4. The van der Waals surface area contributed by atoms with Crippen LogP contribution >= 0.6 is 0 Å². The first-order valence-electron chi connectivity index (χ1n) is 7.70. The van der Waals surface area contributed by atoms with E-state index in [9.17, 15) is 5.26 Å². The molecular formula is C16H31N3. The summed E-state index contributed by atoms with van der Waals surface area (Å²) in [5.41, 5.74) is -0.213. The first-order valence-corrected chi connectivity index (χ1v) is 7.70. The van der Waals surface area contributed by atoms with Crippen molar-refractivity contribution in [3.05, 3.63) is 0 Å². The predicted molar refractivity (Wildman–Crippen MR) is 81.0 cm³/mol. The molecule has 1 aliphatic rings. The normalized spacial score (nSPS) is 28.1. The molecule has 3 heteroatoms. The van der Waals surface area contributed by atoms with Gasteiger partial charge in [0.25, 0.3) is 0 Å². The van der Waals surface area contributed by atoms with Crippen molar-refractivity contribution >= 4 is 0 Å². The SMILES string of the molecule is CC(C)CCCN(C)C1CCC(C#N)(N(C)C)CC1. The van der Waals surface area contributed by atoms with Crippen LogP contribution in [0.4, 0.5) is 0 Å². The van der Waals surface area contributed by atoms with Gasteiger partial charge in [-0.1, -0.05) is 13.8 Å². The quantitative estimate of drug-likeness (QED) is 0.739. The van der Waals surface area contributed by atoms with E-state index in [2.05, 4.69) is 36.8 Å². The molecule has 0 aromatic carbocycles. The molecule has 0 aromatic rings. The molecule has 0 aromatic heterocycles. The van der Waals surface area contributed by atoms with Gasteiger partial charge in [-0.05, 0) is 72.1 Å². The molecule has 0 radical (unpaired) electrons. The van der Waals surface area contributed by atoms with E-state index in [1.807, 2.05) is 14.1 Å². The summed E-state index contributed by atoms with van der Waals surface area (Å²) in [5, 5.41) is 9.43. The molecule has 0 saturated heterocycles. The van der Waals surface area contributed by atoms with E-state index in [-0.39, 0.29) is 5.54 Å². The Labute approximate surface area is 119 Å². The predicted octanol–water partition coefficient (Wildman–Crippen LogP) is 3.12. The maximum atomic E-state index is 9.43. The van der Waals surface area contributed by atoms with E-state index >= 15 is 0 Å². The van der Waals surface area contributed by atoms with E-state index in [1.54, 1.807) is 0 Å². The van der Waals surface area contributed by atoms with Crippen LogP contribution in [0.5, 0.6) is 0 Å². The van der Waals surface area contributed by atoms with Crippen molar-refractivity contribution in [1.29, 1.82) is 5.26 Å². The first kappa shape index (κ1) is 16.5. The van der Waals surface area contributed by atoms with E-state index in [0.717, 1.165) is 31.6 Å². The van der Waals surface area contributed by atoms with Crippen LogP contribution in [0.1, 0.15) is 52.4 Å². The molecule has 0 spiro atoms. The van der Waals surface area contributed by atoms with Crippen LogP contribution in [0.25, 0.3) is 0 Å². The molecule has 0 atom stereocenters. The highest BCUT2D eigenvalue weighted by atomic mass is 15.2. The molecule has 0 heterocycles. The molecule has 3 nitrogen and oxygen atoms in total. The van der Waals surface area contributed by atoms with E-state index in [0.29, 0.717) is 6.04 Å². The second kappa shape index (κ2) is 7.26. The lowest BCUT2D eigenvalue weighted by Crippen LogP contribution is -2.49. The third-order valence-electron chi connectivity index (χ3n) is 4.76. The summed E-state index contributed by atoms with van der Waals surface area (Å²) in [7, 11) is 6.33. The minimum atomic E-state index is -0.213. The third kappa shape index (κ3) is 4.47. The Hall–Kier alpha value is -0.590. The van der Waals surface area contributed by atoms with E-state index in [1.165, 1.54) is 19.4 Å². The number of hydrogen-bond acceptors (Lipinski definition) is 3. The van der Waals surface area contributed by atoms with Gasteiger partial charge < -0.3 is 4.90 Å². The highest BCUT2D eigenvalue weighted by Gasteiger charge is 2.38. The fraction of sp³-hybridized carbons (Fsp3) is 0.938. The zero-order valence-electron chi connectivity index (χ0n) is 13.4. The second-order valence-electron chi connectivity index (χ2n) is 6.79. The largest absolute Gasteiger partial charge is 0.303 e. The van der Waals surface area contributed by atoms with E-state index < -0.39 is 0 Å². The monoisotopic (exact) mass is 265 g/mol. The molecule has 0 bridgehead atoms. The summed E-state index contributed by atoms with van der Waals surface area (Å²) in [6.45, 7) is 5.78. The highest BCUT2D eigenvalue weighted by Crippen LogP contribution is 2.33. The van der Waals surface area contributed by atoms with Crippen molar-refractivity contribution in [1.82, 2.24) is 9.80 Å². The fourth-order valence-electron chi connectivity index (χ4n) is 3.11. The zero-order chi connectivity index (χ0) is 14.5. The minimum absolute atomic E-state index is 0.213. The van der Waals surface area contributed by atoms with Gasteiger partial charge in [-0.3, -0.25) is 4.90 Å². The Kier molecular flexibility index (Phi) is 6.29. The maximum absolute atomic E-state index is 9.43. The van der Waals surface area contributed by atoms with E-state index in [4.69, 9.17) is 0 Å². The topological polar surface area (TPSA) is 30.3 Å². The third-order valence-corrected chi connectivity index (χ3v) is 4.76. The number of rotatable bonds is 6. The van der Waals surface area contributed by atoms with Gasteiger partial charge in [0.1, 0.15) is 5.54 Å². The second-order valence-corrected chi connectivity index (χ2v) is 6.79. The Morgan fingerprint density at radius 2 is 1.79 bits per heavy atom. The first-order chi connectivity index (χ1) is 8.91. The van der Waals surface area contributed by atoms with Gasteiger partial charge >= 0.3 is 0 Å². The summed E-state index contributed by atoms with van der Waals surface area (Å²) >= 11 is 0. The van der Waals surface area contributed by atoms with Crippen molar-refractivity contribution in [3.63, 3.8) is 0 Å². The summed E-state index contributed by atoms with van der Waals surface area (Å²) in [6.07, 6.45) is 6.94. The molecule has 0 amide bonds. The number of nitriles is 1. The molecular weight excluding hydrogens is 234 g/mol. The van der Waals surface area contributed by atoms with Crippen molar-refractivity contribution in [2.75, 3.05) is 27.7 Å². The summed E-state index contributed by atoms with van der Waals surface area (Å²) in [4.78, 5) is 4.63. The van der Waals surface area contributed by atoms with Gasteiger partial charge in [-0.25, -0.2) is 0 Å². The molecule has 110 valence electrons. The van der Waals surface area contributed by atoms with Crippen molar-refractivity contribution in [3.8, 4) is 6.07 Å². The number of hydrogen-bond donors (Lipinski definition) is 0. The lowest BCUT2D eigenvalue weighted by molar-refractivity contribution is 0.0976.